The molecule has 5 nitrogen and oxygen atoms in total. The van der Waals surface area contributed by atoms with Crippen LogP contribution in [0.2, 0.25) is 0 Å². The molecule has 0 spiro atoms. The molecule has 0 bridgehead atoms. The Kier molecular flexibility index (Phi) is 7.39. The third-order valence-corrected chi connectivity index (χ3v) is 5.81. The van der Waals surface area contributed by atoms with E-state index >= 15 is 0 Å². The van der Waals surface area contributed by atoms with Crippen LogP contribution in [0.4, 0.5) is 0 Å². The lowest BCUT2D eigenvalue weighted by Crippen LogP contribution is -2.49. The van der Waals surface area contributed by atoms with Gasteiger partial charge < -0.3 is 14.2 Å². The number of piperidine rings is 2. The second-order valence-corrected chi connectivity index (χ2v) is 7.67. The Labute approximate surface area is 163 Å². The van der Waals surface area contributed by atoms with Gasteiger partial charge in [0.2, 0.25) is 0 Å². The fraction of sp³-hybridized carbons (Fsp3) is 0.682. The molecule has 0 unspecified atom stereocenters. The smallest absolute Gasteiger partial charge is 0.338 e. The fourth-order valence-corrected chi connectivity index (χ4v) is 4.28. The summed E-state index contributed by atoms with van der Waals surface area (Å²) >= 11 is 0. The van der Waals surface area contributed by atoms with E-state index in [0.717, 1.165) is 19.3 Å². The highest BCUT2D eigenvalue weighted by Gasteiger charge is 2.33. The fourth-order valence-electron chi connectivity index (χ4n) is 4.28. The molecule has 2 fully saturated rings. The summed E-state index contributed by atoms with van der Waals surface area (Å²) < 4.78 is 16.8. The van der Waals surface area contributed by atoms with Gasteiger partial charge in [0.15, 0.2) is 11.5 Å². The minimum Gasteiger partial charge on any atom is -0.493 e. The molecule has 0 radical (unpaired) electrons. The molecule has 2 saturated heterocycles. The maximum absolute atomic E-state index is 12.6. The molecule has 2 aliphatic rings. The van der Waals surface area contributed by atoms with E-state index in [0.29, 0.717) is 42.2 Å². The van der Waals surface area contributed by atoms with E-state index in [1.54, 1.807) is 25.3 Å². The molecule has 0 aromatic heterocycles. The van der Waals surface area contributed by atoms with Crippen molar-refractivity contribution in [1.29, 1.82) is 0 Å². The summed E-state index contributed by atoms with van der Waals surface area (Å²) in [7, 11) is 1.59. The number of hydrogen-bond donors (Lipinski definition) is 0. The molecule has 0 amide bonds. The highest BCUT2D eigenvalue weighted by atomic mass is 16.5. The number of ether oxygens (including phenoxy) is 3. The van der Waals surface area contributed by atoms with Crippen molar-refractivity contribution in [3.8, 4) is 11.5 Å². The predicted octanol–water partition coefficient (Wildman–Crippen LogP) is 4.30. The van der Waals surface area contributed by atoms with Gasteiger partial charge in [-0.05, 0) is 63.4 Å². The first-order valence-corrected chi connectivity index (χ1v) is 10.4. The largest absolute Gasteiger partial charge is 0.493 e. The molecule has 1 aromatic rings. The Morgan fingerprint density at radius 1 is 1.15 bits per heavy atom. The molecule has 5 heteroatoms. The lowest BCUT2D eigenvalue weighted by atomic mass is 9.84. The van der Waals surface area contributed by atoms with Gasteiger partial charge in [-0.15, -0.1) is 0 Å². The lowest BCUT2D eigenvalue weighted by Gasteiger charge is -2.44. The minimum atomic E-state index is -0.277. The zero-order valence-corrected chi connectivity index (χ0v) is 16.7. The number of unbranched alkanes of at least 4 members (excludes halogenated alkanes) is 1. The van der Waals surface area contributed by atoms with Crippen molar-refractivity contribution < 1.29 is 19.0 Å². The van der Waals surface area contributed by atoms with Crippen LogP contribution in [0.3, 0.4) is 0 Å². The van der Waals surface area contributed by atoms with Crippen LogP contribution in [-0.2, 0) is 4.74 Å². The van der Waals surface area contributed by atoms with E-state index in [1.807, 2.05) is 0 Å². The van der Waals surface area contributed by atoms with Crippen LogP contribution in [0.15, 0.2) is 18.2 Å². The van der Waals surface area contributed by atoms with E-state index in [2.05, 4.69) is 11.8 Å². The number of hydrogen-bond acceptors (Lipinski definition) is 5. The van der Waals surface area contributed by atoms with Crippen molar-refractivity contribution >= 4 is 5.97 Å². The van der Waals surface area contributed by atoms with Crippen molar-refractivity contribution in [3.63, 3.8) is 0 Å². The number of esters is 1. The molecule has 0 aliphatic carbocycles. The molecule has 1 aromatic carbocycles. The van der Waals surface area contributed by atoms with Gasteiger partial charge in [0.05, 0.1) is 25.9 Å². The average Bonchev–Trinajstić information content (AvgIpc) is 2.72. The molecule has 150 valence electrons. The van der Waals surface area contributed by atoms with E-state index in [4.69, 9.17) is 14.2 Å². The van der Waals surface area contributed by atoms with Crippen molar-refractivity contribution in [3.05, 3.63) is 23.8 Å². The van der Waals surface area contributed by atoms with Gasteiger partial charge in [-0.3, -0.25) is 4.90 Å². The third kappa shape index (κ3) is 5.16. The van der Waals surface area contributed by atoms with Crippen molar-refractivity contribution in [2.45, 2.75) is 57.9 Å². The number of carbonyl (C=O) groups is 1. The van der Waals surface area contributed by atoms with Crippen molar-refractivity contribution in [1.82, 2.24) is 4.90 Å². The summed E-state index contributed by atoms with van der Waals surface area (Å²) in [6.07, 6.45) is 8.26. The molecule has 2 heterocycles. The number of benzene rings is 1. The summed E-state index contributed by atoms with van der Waals surface area (Å²) in [5.74, 6) is 1.44. The zero-order valence-electron chi connectivity index (χ0n) is 16.7. The Bertz CT molecular complexity index is 616. The van der Waals surface area contributed by atoms with E-state index in [9.17, 15) is 4.79 Å². The van der Waals surface area contributed by atoms with Crippen LogP contribution in [0.5, 0.6) is 11.5 Å². The standard InChI is InChI=1S/C22H33NO4/c1-3-4-14-26-20-11-10-17(15-21(20)25-2)22(24)27-16-18-8-7-13-23-12-6-5-9-19(18)23/h10-11,15,18-19H,3-9,12-14,16H2,1-2H3/t18-,19+/m1/s1. The molecular formula is C22H33NO4. The van der Waals surface area contributed by atoms with Gasteiger partial charge in [0, 0.05) is 12.0 Å². The Morgan fingerprint density at radius 3 is 2.81 bits per heavy atom. The highest BCUT2D eigenvalue weighted by molar-refractivity contribution is 5.90. The van der Waals surface area contributed by atoms with Crippen LogP contribution < -0.4 is 9.47 Å². The van der Waals surface area contributed by atoms with Gasteiger partial charge >= 0.3 is 5.97 Å². The maximum Gasteiger partial charge on any atom is 0.338 e. The molecule has 2 aliphatic heterocycles. The summed E-state index contributed by atoms with van der Waals surface area (Å²) in [4.78, 5) is 15.1. The van der Waals surface area contributed by atoms with Crippen molar-refractivity contribution in [2.75, 3.05) is 33.4 Å². The first-order valence-electron chi connectivity index (χ1n) is 10.4. The topological polar surface area (TPSA) is 48.0 Å². The molecule has 3 rings (SSSR count). The summed E-state index contributed by atoms with van der Waals surface area (Å²) in [6, 6.07) is 5.87. The van der Waals surface area contributed by atoms with Gasteiger partial charge in [0.25, 0.3) is 0 Å². The summed E-state index contributed by atoms with van der Waals surface area (Å²) in [5.41, 5.74) is 0.519. The average molecular weight is 376 g/mol. The van der Waals surface area contributed by atoms with Crippen molar-refractivity contribution in [2.24, 2.45) is 5.92 Å². The minimum absolute atomic E-state index is 0.277. The van der Waals surface area contributed by atoms with Crippen LogP contribution in [0.1, 0.15) is 62.2 Å². The number of rotatable bonds is 8. The number of carbonyl (C=O) groups excluding carboxylic acids is 1. The first kappa shape index (κ1) is 20.0. The predicted molar refractivity (Wildman–Crippen MR) is 106 cm³/mol. The molecule has 0 saturated carbocycles. The molecule has 2 atom stereocenters. The lowest BCUT2D eigenvalue weighted by molar-refractivity contribution is 0.00737. The normalized spacial score (nSPS) is 22.7. The second-order valence-electron chi connectivity index (χ2n) is 7.67. The first-order chi connectivity index (χ1) is 13.2. The maximum atomic E-state index is 12.6. The second kappa shape index (κ2) is 9.98. The Morgan fingerprint density at radius 2 is 2.00 bits per heavy atom. The van der Waals surface area contributed by atoms with Crippen LogP contribution >= 0.6 is 0 Å². The zero-order chi connectivity index (χ0) is 19.1. The van der Waals surface area contributed by atoms with Gasteiger partial charge in [-0.1, -0.05) is 19.8 Å². The van der Waals surface area contributed by atoms with Crippen LogP contribution in [-0.4, -0.2) is 50.3 Å². The van der Waals surface area contributed by atoms with E-state index < -0.39 is 0 Å². The molecular weight excluding hydrogens is 342 g/mol. The quantitative estimate of drug-likeness (QED) is 0.501. The van der Waals surface area contributed by atoms with Crippen LogP contribution in [0, 0.1) is 5.92 Å². The number of fused-ring (bicyclic) bond motifs is 1. The van der Waals surface area contributed by atoms with Crippen LogP contribution in [0.25, 0.3) is 0 Å². The number of methoxy groups -OCH3 is 1. The van der Waals surface area contributed by atoms with Gasteiger partial charge in [-0.25, -0.2) is 4.79 Å². The highest BCUT2D eigenvalue weighted by Crippen LogP contribution is 2.32. The molecule has 27 heavy (non-hydrogen) atoms. The Balaban J connectivity index is 1.57. The summed E-state index contributed by atoms with van der Waals surface area (Å²) in [5, 5.41) is 0. The Hall–Kier alpha value is -1.75. The van der Waals surface area contributed by atoms with E-state index in [1.165, 1.54) is 38.8 Å². The summed E-state index contributed by atoms with van der Waals surface area (Å²) in [6.45, 7) is 5.68. The molecule has 0 N–H and O–H groups in total. The monoisotopic (exact) mass is 375 g/mol. The van der Waals surface area contributed by atoms with E-state index in [-0.39, 0.29) is 5.97 Å². The van der Waals surface area contributed by atoms with Gasteiger partial charge in [-0.2, -0.15) is 0 Å². The SMILES string of the molecule is CCCCOc1ccc(C(=O)OC[C@H]2CCCN3CCCC[C@@H]23)cc1OC. The third-order valence-electron chi connectivity index (χ3n) is 5.81. The van der Waals surface area contributed by atoms with Gasteiger partial charge in [0.1, 0.15) is 0 Å². The number of nitrogens with zero attached hydrogens (tertiary/aromatic N) is 1.